The molecule has 1 atom stereocenters. The summed E-state index contributed by atoms with van der Waals surface area (Å²) in [6.07, 6.45) is 0. The van der Waals surface area contributed by atoms with Crippen molar-refractivity contribution in [3.05, 3.63) is 121 Å². The molecule has 0 aliphatic heterocycles. The standard InChI is InChI=1S/C26H25N2P/c1-5-13-22(14-6-1)27-21-26(28-23-15-7-2-8-16-23)29(24-17-9-3-10-18-24)25-19-11-4-12-20-25/h1-20,26-28H,21H2. The summed E-state index contributed by atoms with van der Waals surface area (Å²) < 4.78 is 0. The highest BCUT2D eigenvalue weighted by molar-refractivity contribution is 7.73. The first-order valence-electron chi connectivity index (χ1n) is 9.90. The average molecular weight is 396 g/mol. The molecule has 0 saturated carbocycles. The van der Waals surface area contributed by atoms with Crippen molar-refractivity contribution in [3.8, 4) is 0 Å². The van der Waals surface area contributed by atoms with Crippen LogP contribution in [0.2, 0.25) is 0 Å². The van der Waals surface area contributed by atoms with Crippen LogP contribution in [0, 0.1) is 0 Å². The van der Waals surface area contributed by atoms with Crippen LogP contribution in [0.15, 0.2) is 121 Å². The number of benzene rings is 4. The molecular formula is C26H25N2P. The molecule has 4 rings (SSSR count). The number of rotatable bonds is 8. The van der Waals surface area contributed by atoms with Gasteiger partial charge >= 0.3 is 0 Å². The van der Waals surface area contributed by atoms with Crippen molar-refractivity contribution in [2.75, 3.05) is 17.2 Å². The maximum absolute atomic E-state index is 3.81. The number of hydrogen-bond acceptors (Lipinski definition) is 2. The minimum absolute atomic E-state index is 0.234. The van der Waals surface area contributed by atoms with E-state index in [9.17, 15) is 0 Å². The van der Waals surface area contributed by atoms with Gasteiger partial charge in [0.15, 0.2) is 0 Å². The highest BCUT2D eigenvalue weighted by Crippen LogP contribution is 2.40. The molecule has 0 radical (unpaired) electrons. The van der Waals surface area contributed by atoms with Crippen LogP contribution in [0.1, 0.15) is 0 Å². The molecular weight excluding hydrogens is 371 g/mol. The zero-order chi connectivity index (χ0) is 19.7. The Morgan fingerprint density at radius 3 is 1.41 bits per heavy atom. The SMILES string of the molecule is c1ccc(NCC(Nc2ccccc2)P(c2ccccc2)c2ccccc2)cc1. The molecule has 2 nitrogen and oxygen atoms in total. The topological polar surface area (TPSA) is 24.1 Å². The Kier molecular flexibility index (Phi) is 6.57. The van der Waals surface area contributed by atoms with Gasteiger partial charge in [0.05, 0.1) is 5.78 Å². The quantitative estimate of drug-likeness (QED) is 0.375. The van der Waals surface area contributed by atoms with Crippen LogP contribution < -0.4 is 21.2 Å². The van der Waals surface area contributed by atoms with Gasteiger partial charge in [-0.15, -0.1) is 0 Å². The molecule has 0 spiro atoms. The Bertz CT molecular complexity index is 937. The zero-order valence-electron chi connectivity index (χ0n) is 16.3. The van der Waals surface area contributed by atoms with Gasteiger partial charge in [0.2, 0.25) is 0 Å². The minimum Gasteiger partial charge on any atom is -0.383 e. The Hall–Kier alpha value is -3.09. The smallest absolute Gasteiger partial charge is 0.0713 e. The number of nitrogens with one attached hydrogen (secondary N) is 2. The average Bonchev–Trinajstić information content (AvgIpc) is 2.80. The van der Waals surface area contributed by atoms with E-state index in [0.717, 1.165) is 17.9 Å². The predicted molar refractivity (Wildman–Crippen MR) is 128 cm³/mol. The second-order valence-electron chi connectivity index (χ2n) is 6.81. The lowest BCUT2D eigenvalue weighted by Gasteiger charge is -2.31. The van der Waals surface area contributed by atoms with Crippen LogP contribution in [-0.2, 0) is 0 Å². The summed E-state index contributed by atoms with van der Waals surface area (Å²) in [6.45, 7) is 0.828. The molecule has 0 bridgehead atoms. The van der Waals surface area contributed by atoms with Gasteiger partial charge in [-0.1, -0.05) is 97.1 Å². The first kappa shape index (κ1) is 19.2. The molecule has 0 aliphatic rings. The van der Waals surface area contributed by atoms with Crippen LogP contribution in [0.5, 0.6) is 0 Å². The van der Waals surface area contributed by atoms with Crippen molar-refractivity contribution in [2.24, 2.45) is 0 Å². The van der Waals surface area contributed by atoms with E-state index in [0.29, 0.717) is 0 Å². The lowest BCUT2D eigenvalue weighted by molar-refractivity contribution is 1.00. The van der Waals surface area contributed by atoms with Crippen molar-refractivity contribution < 1.29 is 0 Å². The minimum atomic E-state index is -0.608. The van der Waals surface area contributed by atoms with E-state index in [1.165, 1.54) is 10.6 Å². The molecule has 4 aromatic carbocycles. The summed E-state index contributed by atoms with van der Waals surface area (Å²) in [5, 5.41) is 10.2. The molecule has 144 valence electrons. The van der Waals surface area contributed by atoms with Crippen molar-refractivity contribution in [1.29, 1.82) is 0 Å². The highest BCUT2D eigenvalue weighted by atomic mass is 31.1. The fourth-order valence-electron chi connectivity index (χ4n) is 3.39. The van der Waals surface area contributed by atoms with Gasteiger partial charge in [-0.05, 0) is 42.8 Å². The molecule has 0 aliphatic carbocycles. The molecule has 0 aromatic heterocycles. The van der Waals surface area contributed by atoms with Gasteiger partial charge in [-0.2, -0.15) is 0 Å². The predicted octanol–water partition coefficient (Wildman–Crippen LogP) is 5.67. The van der Waals surface area contributed by atoms with Crippen molar-refractivity contribution in [1.82, 2.24) is 0 Å². The van der Waals surface area contributed by atoms with Gasteiger partial charge < -0.3 is 10.6 Å². The molecule has 4 aromatic rings. The highest BCUT2D eigenvalue weighted by Gasteiger charge is 2.24. The van der Waals surface area contributed by atoms with E-state index in [-0.39, 0.29) is 5.78 Å². The van der Waals surface area contributed by atoms with Crippen molar-refractivity contribution in [3.63, 3.8) is 0 Å². The molecule has 0 fully saturated rings. The van der Waals surface area contributed by atoms with Crippen molar-refractivity contribution >= 4 is 29.9 Å². The van der Waals surface area contributed by atoms with Crippen LogP contribution in [0.3, 0.4) is 0 Å². The first-order valence-corrected chi connectivity index (χ1v) is 11.3. The number of hydrogen-bond donors (Lipinski definition) is 2. The monoisotopic (exact) mass is 396 g/mol. The van der Waals surface area contributed by atoms with E-state index < -0.39 is 7.92 Å². The lowest BCUT2D eigenvalue weighted by Crippen LogP contribution is -2.33. The Labute approximate surface area is 174 Å². The third-order valence-corrected chi connectivity index (χ3v) is 7.40. The second kappa shape index (κ2) is 9.91. The Morgan fingerprint density at radius 1 is 0.517 bits per heavy atom. The normalized spacial score (nSPS) is 11.8. The number of para-hydroxylation sites is 2. The summed E-state index contributed by atoms with van der Waals surface area (Å²) in [5.74, 6) is 0.234. The first-order chi connectivity index (χ1) is 14.4. The Balaban J connectivity index is 1.68. The fraction of sp³-hybridized carbons (Fsp3) is 0.0769. The summed E-state index contributed by atoms with van der Waals surface area (Å²) in [6, 6.07) is 42.6. The van der Waals surface area contributed by atoms with Crippen LogP contribution in [0.25, 0.3) is 0 Å². The molecule has 29 heavy (non-hydrogen) atoms. The summed E-state index contributed by atoms with van der Waals surface area (Å²) in [7, 11) is -0.608. The second-order valence-corrected chi connectivity index (χ2v) is 9.21. The molecule has 0 amide bonds. The van der Waals surface area contributed by atoms with E-state index >= 15 is 0 Å². The summed E-state index contributed by atoms with van der Waals surface area (Å²) >= 11 is 0. The third-order valence-electron chi connectivity index (χ3n) is 4.76. The zero-order valence-corrected chi connectivity index (χ0v) is 17.2. The largest absolute Gasteiger partial charge is 0.383 e. The maximum Gasteiger partial charge on any atom is 0.0713 e. The molecule has 3 heteroatoms. The summed E-state index contributed by atoms with van der Waals surface area (Å²) in [4.78, 5) is 0. The van der Waals surface area contributed by atoms with Crippen LogP contribution in [-0.4, -0.2) is 12.3 Å². The fourth-order valence-corrected chi connectivity index (χ4v) is 5.95. The van der Waals surface area contributed by atoms with Gasteiger partial charge in [0.1, 0.15) is 0 Å². The van der Waals surface area contributed by atoms with Crippen LogP contribution >= 0.6 is 7.92 Å². The molecule has 1 unspecified atom stereocenters. The van der Waals surface area contributed by atoms with E-state index in [4.69, 9.17) is 0 Å². The van der Waals surface area contributed by atoms with E-state index in [2.05, 4.69) is 126 Å². The van der Waals surface area contributed by atoms with E-state index in [1.807, 2.05) is 6.07 Å². The Morgan fingerprint density at radius 2 is 0.931 bits per heavy atom. The van der Waals surface area contributed by atoms with Gasteiger partial charge in [-0.3, -0.25) is 0 Å². The third kappa shape index (κ3) is 5.25. The van der Waals surface area contributed by atoms with Gasteiger partial charge in [0, 0.05) is 17.9 Å². The van der Waals surface area contributed by atoms with Crippen molar-refractivity contribution in [2.45, 2.75) is 5.78 Å². The molecule has 0 saturated heterocycles. The summed E-state index contributed by atoms with van der Waals surface area (Å²) in [5.41, 5.74) is 2.29. The maximum atomic E-state index is 3.81. The van der Waals surface area contributed by atoms with E-state index in [1.54, 1.807) is 0 Å². The number of anilines is 2. The lowest BCUT2D eigenvalue weighted by atomic mass is 10.3. The molecule has 2 N–H and O–H groups in total. The van der Waals surface area contributed by atoms with Crippen LogP contribution in [0.4, 0.5) is 11.4 Å². The van der Waals surface area contributed by atoms with Gasteiger partial charge in [-0.25, -0.2) is 0 Å². The van der Waals surface area contributed by atoms with Gasteiger partial charge in [0.25, 0.3) is 0 Å². The molecule has 0 heterocycles.